The standard InChI is InChI=1S/C18H16FN5O/c1-9-17(10(2)24-23-9)15-7-12(13(8-20)18(21)22-15)11-4-5-14(19)16(6-11)25-3/h4-7H,1-3H3,(H2,21,22)(H,23,24). The van der Waals surface area contributed by atoms with Gasteiger partial charge in [0.15, 0.2) is 11.6 Å². The fraction of sp³-hybridized carbons (Fsp3) is 0.167. The third-order valence-corrected chi connectivity index (χ3v) is 4.01. The zero-order valence-electron chi connectivity index (χ0n) is 14.0. The maximum absolute atomic E-state index is 13.7. The summed E-state index contributed by atoms with van der Waals surface area (Å²) in [5, 5.41) is 16.5. The first-order chi connectivity index (χ1) is 12.0. The molecule has 0 aliphatic heterocycles. The number of aromatic nitrogens is 3. The van der Waals surface area contributed by atoms with Crippen LogP contribution in [0.4, 0.5) is 10.2 Å². The van der Waals surface area contributed by atoms with Gasteiger partial charge in [-0.1, -0.05) is 6.07 Å². The van der Waals surface area contributed by atoms with Gasteiger partial charge in [0.05, 0.1) is 18.5 Å². The molecule has 2 aromatic heterocycles. The Hall–Kier alpha value is -3.40. The Morgan fingerprint density at radius 2 is 2.04 bits per heavy atom. The number of hydrogen-bond acceptors (Lipinski definition) is 5. The molecule has 0 unspecified atom stereocenters. The fourth-order valence-corrected chi connectivity index (χ4v) is 2.79. The molecule has 6 nitrogen and oxygen atoms in total. The van der Waals surface area contributed by atoms with Crippen LogP contribution in [0.15, 0.2) is 24.3 Å². The molecular weight excluding hydrogens is 321 g/mol. The van der Waals surface area contributed by atoms with Crippen LogP contribution < -0.4 is 10.5 Å². The number of nitrogens with zero attached hydrogens (tertiary/aromatic N) is 3. The van der Waals surface area contributed by atoms with Crippen molar-refractivity contribution in [2.75, 3.05) is 12.8 Å². The van der Waals surface area contributed by atoms with E-state index in [4.69, 9.17) is 10.5 Å². The van der Waals surface area contributed by atoms with Crippen LogP contribution in [-0.4, -0.2) is 22.3 Å². The van der Waals surface area contributed by atoms with Gasteiger partial charge in [-0.2, -0.15) is 10.4 Å². The molecule has 0 fully saturated rings. The first-order valence-electron chi connectivity index (χ1n) is 7.52. The molecule has 0 bridgehead atoms. The second-order valence-electron chi connectivity index (χ2n) is 5.59. The number of aryl methyl sites for hydroxylation is 2. The third-order valence-electron chi connectivity index (χ3n) is 4.01. The Balaban J connectivity index is 2.28. The van der Waals surface area contributed by atoms with Crippen LogP contribution in [0.25, 0.3) is 22.4 Å². The predicted molar refractivity (Wildman–Crippen MR) is 92.4 cm³/mol. The van der Waals surface area contributed by atoms with E-state index in [2.05, 4.69) is 21.3 Å². The summed E-state index contributed by atoms with van der Waals surface area (Å²) in [6, 6.07) is 8.23. The second-order valence-corrected chi connectivity index (χ2v) is 5.59. The average Bonchev–Trinajstić information content (AvgIpc) is 2.93. The number of halogens is 1. The Kier molecular flexibility index (Phi) is 4.11. The molecule has 0 amide bonds. The molecular formula is C18H16FN5O. The third kappa shape index (κ3) is 2.78. The number of nitrogens with one attached hydrogen (secondary N) is 1. The molecule has 2 heterocycles. The largest absolute Gasteiger partial charge is 0.494 e. The van der Waals surface area contributed by atoms with E-state index in [1.807, 2.05) is 13.8 Å². The van der Waals surface area contributed by atoms with Crippen LogP contribution in [0.3, 0.4) is 0 Å². The lowest BCUT2D eigenvalue weighted by molar-refractivity contribution is 0.387. The molecule has 0 saturated heterocycles. The molecule has 3 rings (SSSR count). The molecule has 0 spiro atoms. The maximum Gasteiger partial charge on any atom is 0.165 e. The number of benzene rings is 1. The van der Waals surface area contributed by atoms with Gasteiger partial charge in [0.25, 0.3) is 0 Å². The van der Waals surface area contributed by atoms with Crippen LogP contribution in [0.5, 0.6) is 5.75 Å². The van der Waals surface area contributed by atoms with E-state index in [-0.39, 0.29) is 17.1 Å². The van der Waals surface area contributed by atoms with Crippen molar-refractivity contribution in [2.45, 2.75) is 13.8 Å². The van der Waals surface area contributed by atoms with E-state index < -0.39 is 5.82 Å². The van der Waals surface area contributed by atoms with Crippen molar-refractivity contribution in [3.63, 3.8) is 0 Å². The van der Waals surface area contributed by atoms with Gasteiger partial charge in [-0.3, -0.25) is 5.10 Å². The van der Waals surface area contributed by atoms with Crippen molar-refractivity contribution in [1.29, 1.82) is 5.26 Å². The molecule has 3 N–H and O–H groups in total. The van der Waals surface area contributed by atoms with E-state index in [0.29, 0.717) is 16.8 Å². The highest BCUT2D eigenvalue weighted by molar-refractivity contribution is 5.81. The summed E-state index contributed by atoms with van der Waals surface area (Å²) in [7, 11) is 1.39. The molecule has 0 aliphatic rings. The van der Waals surface area contributed by atoms with Crippen LogP contribution >= 0.6 is 0 Å². The van der Waals surface area contributed by atoms with Crippen molar-refractivity contribution >= 4 is 5.82 Å². The first kappa shape index (κ1) is 16.5. The monoisotopic (exact) mass is 337 g/mol. The lowest BCUT2D eigenvalue weighted by Crippen LogP contribution is -2.01. The summed E-state index contributed by atoms with van der Waals surface area (Å²) in [6.07, 6.45) is 0. The van der Waals surface area contributed by atoms with E-state index in [9.17, 15) is 9.65 Å². The van der Waals surface area contributed by atoms with Crippen molar-refractivity contribution in [3.8, 4) is 34.2 Å². The number of nitrogen functional groups attached to an aromatic ring is 1. The second kappa shape index (κ2) is 6.24. The molecule has 0 radical (unpaired) electrons. The molecule has 0 aliphatic carbocycles. The molecule has 0 atom stereocenters. The lowest BCUT2D eigenvalue weighted by atomic mass is 9.97. The molecule has 1 aromatic carbocycles. The zero-order valence-corrected chi connectivity index (χ0v) is 14.0. The minimum Gasteiger partial charge on any atom is -0.494 e. The minimum absolute atomic E-state index is 0.0917. The van der Waals surface area contributed by atoms with E-state index >= 15 is 0 Å². The number of pyridine rings is 1. The Bertz CT molecular complexity index is 984. The normalized spacial score (nSPS) is 10.5. The summed E-state index contributed by atoms with van der Waals surface area (Å²) >= 11 is 0. The van der Waals surface area contributed by atoms with Gasteiger partial charge < -0.3 is 10.5 Å². The highest BCUT2D eigenvalue weighted by atomic mass is 19.1. The van der Waals surface area contributed by atoms with Gasteiger partial charge in [-0.15, -0.1) is 0 Å². The minimum atomic E-state index is -0.478. The summed E-state index contributed by atoms with van der Waals surface area (Å²) in [6.45, 7) is 3.74. The molecule has 7 heteroatoms. The summed E-state index contributed by atoms with van der Waals surface area (Å²) in [5.74, 6) is -0.277. The van der Waals surface area contributed by atoms with Crippen LogP contribution in [0, 0.1) is 31.0 Å². The molecule has 25 heavy (non-hydrogen) atoms. The van der Waals surface area contributed by atoms with Crippen molar-refractivity contribution in [3.05, 3.63) is 47.0 Å². The molecule has 0 saturated carbocycles. The van der Waals surface area contributed by atoms with Gasteiger partial charge in [0, 0.05) is 16.8 Å². The van der Waals surface area contributed by atoms with Crippen LogP contribution in [0.2, 0.25) is 0 Å². The average molecular weight is 337 g/mol. The zero-order chi connectivity index (χ0) is 18.1. The number of aromatic amines is 1. The van der Waals surface area contributed by atoms with Gasteiger partial charge in [-0.25, -0.2) is 9.37 Å². The van der Waals surface area contributed by atoms with Crippen molar-refractivity contribution < 1.29 is 9.13 Å². The Morgan fingerprint density at radius 3 is 2.64 bits per heavy atom. The van der Waals surface area contributed by atoms with Gasteiger partial charge in [0.1, 0.15) is 17.5 Å². The SMILES string of the molecule is COc1cc(-c2cc(-c3c(C)n[nH]c3C)nc(N)c2C#N)ccc1F. The summed E-state index contributed by atoms with van der Waals surface area (Å²) in [4.78, 5) is 4.34. The number of nitriles is 1. The summed E-state index contributed by atoms with van der Waals surface area (Å²) in [5.41, 5.74) is 10.5. The number of hydrogen-bond donors (Lipinski definition) is 2. The number of H-pyrrole nitrogens is 1. The number of rotatable bonds is 3. The number of anilines is 1. The predicted octanol–water partition coefficient (Wildman–Crippen LogP) is 3.36. The van der Waals surface area contributed by atoms with Gasteiger partial charge in [0.2, 0.25) is 0 Å². The van der Waals surface area contributed by atoms with E-state index in [1.54, 1.807) is 12.1 Å². The Morgan fingerprint density at radius 1 is 1.28 bits per heavy atom. The smallest absolute Gasteiger partial charge is 0.165 e. The van der Waals surface area contributed by atoms with Crippen molar-refractivity contribution in [2.24, 2.45) is 0 Å². The highest BCUT2D eigenvalue weighted by Gasteiger charge is 2.18. The fourth-order valence-electron chi connectivity index (χ4n) is 2.79. The van der Waals surface area contributed by atoms with E-state index in [1.165, 1.54) is 19.2 Å². The molecule has 126 valence electrons. The molecule has 3 aromatic rings. The van der Waals surface area contributed by atoms with Crippen LogP contribution in [-0.2, 0) is 0 Å². The lowest BCUT2D eigenvalue weighted by Gasteiger charge is -2.11. The first-order valence-corrected chi connectivity index (χ1v) is 7.52. The van der Waals surface area contributed by atoms with Crippen molar-refractivity contribution in [1.82, 2.24) is 15.2 Å². The maximum atomic E-state index is 13.7. The topological polar surface area (TPSA) is 101 Å². The summed E-state index contributed by atoms with van der Waals surface area (Å²) < 4.78 is 18.7. The number of ether oxygens (including phenoxy) is 1. The van der Waals surface area contributed by atoms with Crippen LogP contribution in [0.1, 0.15) is 17.0 Å². The highest BCUT2D eigenvalue weighted by Crippen LogP contribution is 2.34. The quantitative estimate of drug-likeness (QED) is 0.763. The Labute approximate surface area is 144 Å². The number of methoxy groups -OCH3 is 1. The van der Waals surface area contributed by atoms with Gasteiger partial charge >= 0.3 is 0 Å². The number of nitrogens with two attached hydrogens (primary N) is 1. The van der Waals surface area contributed by atoms with Gasteiger partial charge in [-0.05, 0) is 37.6 Å². The van der Waals surface area contributed by atoms with E-state index in [0.717, 1.165) is 17.0 Å².